The molecule has 2 heterocycles. The predicted octanol–water partition coefficient (Wildman–Crippen LogP) is 7.71. The van der Waals surface area contributed by atoms with E-state index in [9.17, 15) is 10.5 Å². The van der Waals surface area contributed by atoms with Crippen molar-refractivity contribution in [3.05, 3.63) is 132 Å². The molecule has 41 heavy (non-hydrogen) atoms. The van der Waals surface area contributed by atoms with Gasteiger partial charge >= 0.3 is 0 Å². The van der Waals surface area contributed by atoms with Crippen molar-refractivity contribution < 1.29 is 0 Å². The van der Waals surface area contributed by atoms with E-state index in [0.29, 0.717) is 28.6 Å². The van der Waals surface area contributed by atoms with Crippen LogP contribution in [0.25, 0.3) is 61.7 Å². The van der Waals surface area contributed by atoms with Crippen LogP contribution >= 0.6 is 0 Å². The number of para-hydroxylation sites is 1. The summed E-state index contributed by atoms with van der Waals surface area (Å²) < 4.78 is 2.15. The number of benzene rings is 5. The van der Waals surface area contributed by atoms with E-state index in [1.54, 1.807) is 0 Å². The fourth-order valence-corrected chi connectivity index (χ4v) is 5.21. The molecule has 0 fully saturated rings. The van der Waals surface area contributed by atoms with E-state index in [-0.39, 0.29) is 0 Å². The Balaban J connectivity index is 1.53. The van der Waals surface area contributed by atoms with E-state index in [2.05, 4.69) is 16.7 Å². The van der Waals surface area contributed by atoms with Gasteiger partial charge in [0.05, 0.1) is 40.0 Å². The molecule has 0 aliphatic rings. The third-order valence-electron chi connectivity index (χ3n) is 7.11. The highest BCUT2D eigenvalue weighted by molar-refractivity contribution is 6.10. The second kappa shape index (κ2) is 9.89. The maximum Gasteiger partial charge on any atom is 0.166 e. The van der Waals surface area contributed by atoms with Crippen molar-refractivity contribution in [2.75, 3.05) is 0 Å². The summed E-state index contributed by atoms with van der Waals surface area (Å²) in [6.07, 6.45) is 0. The molecule has 0 radical (unpaired) electrons. The molecule has 0 bridgehead atoms. The molecule has 0 aliphatic carbocycles. The summed E-state index contributed by atoms with van der Waals surface area (Å²) in [5.74, 6) is 1.72. The van der Waals surface area contributed by atoms with Crippen LogP contribution in [0.1, 0.15) is 11.1 Å². The van der Waals surface area contributed by atoms with Gasteiger partial charge in [0.15, 0.2) is 17.5 Å². The number of hydrogen-bond donors (Lipinski definition) is 0. The third-order valence-corrected chi connectivity index (χ3v) is 7.11. The maximum atomic E-state index is 9.59. The molecule has 0 spiro atoms. The monoisotopic (exact) mass is 524 g/mol. The van der Waals surface area contributed by atoms with Gasteiger partial charge in [0.1, 0.15) is 0 Å². The van der Waals surface area contributed by atoms with E-state index in [0.717, 1.165) is 44.2 Å². The van der Waals surface area contributed by atoms with Gasteiger partial charge in [-0.15, -0.1) is 0 Å². The average molecular weight is 525 g/mol. The molecule has 5 aromatic carbocycles. The highest BCUT2D eigenvalue weighted by Crippen LogP contribution is 2.37. The molecule has 0 N–H and O–H groups in total. The summed E-state index contributed by atoms with van der Waals surface area (Å²) in [6, 6.07) is 43.6. The Morgan fingerprint density at radius 2 is 0.951 bits per heavy atom. The van der Waals surface area contributed by atoms with Gasteiger partial charge in [0, 0.05) is 27.5 Å². The van der Waals surface area contributed by atoms with E-state index in [1.807, 2.05) is 121 Å². The number of nitriles is 2. The average Bonchev–Trinajstić information content (AvgIpc) is 3.38. The van der Waals surface area contributed by atoms with Crippen LogP contribution in [0, 0.1) is 22.7 Å². The molecule has 0 saturated heterocycles. The zero-order valence-corrected chi connectivity index (χ0v) is 21.7. The van der Waals surface area contributed by atoms with Gasteiger partial charge in [-0.05, 0) is 48.5 Å². The van der Waals surface area contributed by atoms with Crippen LogP contribution in [0.2, 0.25) is 0 Å². The van der Waals surface area contributed by atoms with Crippen LogP contribution < -0.4 is 0 Å². The highest BCUT2D eigenvalue weighted by Gasteiger charge is 2.19. The number of fused-ring (bicyclic) bond motifs is 3. The highest BCUT2D eigenvalue weighted by atomic mass is 15.1. The van der Waals surface area contributed by atoms with Crippen molar-refractivity contribution >= 4 is 21.8 Å². The molecule has 0 amide bonds. The van der Waals surface area contributed by atoms with Crippen molar-refractivity contribution in [2.24, 2.45) is 0 Å². The molecular formula is C35H20N6. The van der Waals surface area contributed by atoms with E-state index >= 15 is 0 Å². The van der Waals surface area contributed by atoms with Gasteiger partial charge < -0.3 is 4.57 Å². The third kappa shape index (κ3) is 4.17. The Labute approximate surface area is 236 Å². The Morgan fingerprint density at radius 3 is 1.46 bits per heavy atom. The lowest BCUT2D eigenvalue weighted by Gasteiger charge is -2.14. The number of nitrogens with zero attached hydrogens (tertiary/aromatic N) is 6. The van der Waals surface area contributed by atoms with Gasteiger partial charge in [-0.2, -0.15) is 10.5 Å². The summed E-state index contributed by atoms with van der Waals surface area (Å²) in [4.78, 5) is 14.8. The zero-order valence-electron chi connectivity index (χ0n) is 21.7. The lowest BCUT2D eigenvalue weighted by Crippen LogP contribution is -2.03. The quantitative estimate of drug-likeness (QED) is 0.235. The fraction of sp³-hybridized carbons (Fsp3) is 0. The van der Waals surface area contributed by atoms with Crippen molar-refractivity contribution in [2.45, 2.75) is 0 Å². The van der Waals surface area contributed by atoms with Crippen LogP contribution in [0.5, 0.6) is 0 Å². The minimum absolute atomic E-state index is 0.547. The molecule has 2 aromatic heterocycles. The molecule has 6 heteroatoms. The fourth-order valence-electron chi connectivity index (χ4n) is 5.21. The number of hydrogen-bond acceptors (Lipinski definition) is 5. The predicted molar refractivity (Wildman–Crippen MR) is 160 cm³/mol. The second-order valence-electron chi connectivity index (χ2n) is 9.58. The molecule has 6 nitrogen and oxygen atoms in total. The molecule has 190 valence electrons. The lowest BCUT2D eigenvalue weighted by atomic mass is 10.1. The minimum atomic E-state index is 0.547. The van der Waals surface area contributed by atoms with Crippen molar-refractivity contribution in [1.82, 2.24) is 19.5 Å². The Kier molecular flexibility index (Phi) is 5.78. The van der Waals surface area contributed by atoms with Crippen molar-refractivity contribution in [1.29, 1.82) is 10.5 Å². The molecule has 0 unspecified atom stereocenters. The summed E-state index contributed by atoms with van der Waals surface area (Å²) in [6.45, 7) is 0. The smallest absolute Gasteiger partial charge is 0.166 e. The van der Waals surface area contributed by atoms with Gasteiger partial charge in [-0.1, -0.05) is 72.8 Å². The Bertz CT molecular complexity index is 2040. The van der Waals surface area contributed by atoms with Crippen LogP contribution in [-0.2, 0) is 0 Å². The van der Waals surface area contributed by atoms with Crippen LogP contribution in [0.3, 0.4) is 0 Å². The lowest BCUT2D eigenvalue weighted by molar-refractivity contribution is 1.06. The van der Waals surface area contributed by atoms with E-state index < -0.39 is 0 Å². The number of rotatable bonds is 4. The van der Waals surface area contributed by atoms with Gasteiger partial charge in [-0.25, -0.2) is 15.0 Å². The standard InChI is InChI=1S/C35H20N6/c36-21-23-15-17-31-28(19-23)29-20-24(22-37)16-18-32(29)41(31)30-14-8-7-13-27(30)35-39-33(25-9-3-1-4-10-25)38-34(40-35)26-11-5-2-6-12-26/h1-20H. The first-order valence-electron chi connectivity index (χ1n) is 13.1. The topological polar surface area (TPSA) is 91.2 Å². The summed E-state index contributed by atoms with van der Waals surface area (Å²) in [7, 11) is 0. The Hall–Kier alpha value is -6.11. The normalized spacial score (nSPS) is 10.9. The molecule has 0 atom stereocenters. The summed E-state index contributed by atoms with van der Waals surface area (Å²) >= 11 is 0. The molecule has 7 aromatic rings. The van der Waals surface area contributed by atoms with Crippen LogP contribution in [-0.4, -0.2) is 19.5 Å². The van der Waals surface area contributed by atoms with Crippen LogP contribution in [0.4, 0.5) is 0 Å². The van der Waals surface area contributed by atoms with Crippen LogP contribution in [0.15, 0.2) is 121 Å². The summed E-state index contributed by atoms with van der Waals surface area (Å²) in [5.41, 5.74) is 6.47. The SMILES string of the molecule is N#Cc1ccc2c(c1)c1cc(C#N)ccc1n2-c1ccccc1-c1nc(-c2ccccc2)nc(-c2ccccc2)n1. The van der Waals surface area contributed by atoms with Gasteiger partial charge in [0.2, 0.25) is 0 Å². The summed E-state index contributed by atoms with van der Waals surface area (Å²) in [5, 5.41) is 21.0. The van der Waals surface area contributed by atoms with Crippen molar-refractivity contribution in [3.8, 4) is 52.0 Å². The van der Waals surface area contributed by atoms with E-state index in [1.165, 1.54) is 0 Å². The van der Waals surface area contributed by atoms with Gasteiger partial charge in [-0.3, -0.25) is 0 Å². The molecule has 0 saturated carbocycles. The van der Waals surface area contributed by atoms with Gasteiger partial charge in [0.25, 0.3) is 0 Å². The minimum Gasteiger partial charge on any atom is -0.308 e. The second-order valence-corrected chi connectivity index (χ2v) is 9.58. The Morgan fingerprint density at radius 1 is 0.488 bits per heavy atom. The molecule has 7 rings (SSSR count). The number of aromatic nitrogens is 4. The van der Waals surface area contributed by atoms with Crippen molar-refractivity contribution in [3.63, 3.8) is 0 Å². The first-order valence-corrected chi connectivity index (χ1v) is 13.1. The maximum absolute atomic E-state index is 9.59. The molecule has 0 aliphatic heterocycles. The zero-order chi connectivity index (χ0) is 27.8. The first-order chi connectivity index (χ1) is 20.2. The van der Waals surface area contributed by atoms with E-state index in [4.69, 9.17) is 15.0 Å². The largest absolute Gasteiger partial charge is 0.308 e. The molecular weight excluding hydrogens is 504 g/mol. The first kappa shape index (κ1) is 24.0.